The third-order valence-electron chi connectivity index (χ3n) is 5.66. The van der Waals surface area contributed by atoms with Gasteiger partial charge >= 0.3 is 0 Å². The molecule has 1 aromatic heterocycles. The molecular formula is C23H25BrN4O3S. The molecule has 1 aliphatic heterocycles. The number of carbonyl (C=O) groups excluding carboxylic acids is 1. The van der Waals surface area contributed by atoms with Crippen molar-refractivity contribution in [3.8, 4) is 5.69 Å². The lowest BCUT2D eigenvalue weighted by Gasteiger charge is -2.29. The Morgan fingerprint density at radius 3 is 2.56 bits per heavy atom. The number of aromatic nitrogens is 2. The molecule has 2 heterocycles. The SMILES string of the molecule is Cc1c(S(=O)(=O)N(Cc2ccc(Br)cc2)C2CCCCNC2=O)cnn1-c1ccccc1. The van der Waals surface area contributed by atoms with Gasteiger partial charge in [0.05, 0.1) is 17.6 Å². The van der Waals surface area contributed by atoms with Crippen LogP contribution in [0.25, 0.3) is 5.69 Å². The van der Waals surface area contributed by atoms with Crippen molar-refractivity contribution >= 4 is 31.9 Å². The van der Waals surface area contributed by atoms with Crippen LogP contribution < -0.4 is 5.32 Å². The number of hydrogen-bond acceptors (Lipinski definition) is 4. The molecule has 0 bridgehead atoms. The van der Waals surface area contributed by atoms with Gasteiger partial charge < -0.3 is 5.32 Å². The normalized spacial score (nSPS) is 17.2. The van der Waals surface area contributed by atoms with E-state index < -0.39 is 16.1 Å². The Morgan fingerprint density at radius 2 is 1.84 bits per heavy atom. The average Bonchev–Trinajstić information content (AvgIpc) is 3.06. The average molecular weight is 517 g/mol. The van der Waals surface area contributed by atoms with E-state index in [1.807, 2.05) is 54.6 Å². The van der Waals surface area contributed by atoms with Gasteiger partial charge in [-0.3, -0.25) is 4.79 Å². The Balaban J connectivity index is 1.76. The number of benzene rings is 2. The molecule has 0 spiro atoms. The molecule has 3 aromatic rings. The first-order valence-corrected chi connectivity index (χ1v) is 12.8. The fraction of sp³-hybridized carbons (Fsp3) is 0.304. The molecule has 1 N–H and O–H groups in total. The van der Waals surface area contributed by atoms with E-state index in [1.165, 1.54) is 10.5 Å². The third kappa shape index (κ3) is 4.65. The second-order valence-corrected chi connectivity index (χ2v) is 10.6. The Morgan fingerprint density at radius 1 is 1.12 bits per heavy atom. The van der Waals surface area contributed by atoms with Crippen LogP contribution in [0, 0.1) is 6.92 Å². The van der Waals surface area contributed by atoms with Crippen LogP contribution in [-0.4, -0.2) is 41.0 Å². The van der Waals surface area contributed by atoms with Crippen molar-refractivity contribution in [1.82, 2.24) is 19.4 Å². The lowest BCUT2D eigenvalue weighted by molar-refractivity contribution is -0.124. The molecule has 1 atom stereocenters. The zero-order chi connectivity index (χ0) is 22.7. The maximum Gasteiger partial charge on any atom is 0.247 e. The number of nitrogens with one attached hydrogen (secondary N) is 1. The minimum absolute atomic E-state index is 0.101. The van der Waals surface area contributed by atoms with Crippen molar-refractivity contribution in [2.24, 2.45) is 0 Å². The Kier molecular flexibility index (Phi) is 6.78. The minimum atomic E-state index is -4.00. The number of hydrogen-bond donors (Lipinski definition) is 1. The van der Waals surface area contributed by atoms with Crippen molar-refractivity contribution in [3.05, 3.63) is 76.5 Å². The third-order valence-corrected chi connectivity index (χ3v) is 8.14. The van der Waals surface area contributed by atoms with Crippen molar-refractivity contribution < 1.29 is 13.2 Å². The molecule has 1 saturated heterocycles. The van der Waals surface area contributed by atoms with Gasteiger partial charge in [0.1, 0.15) is 10.9 Å². The summed E-state index contributed by atoms with van der Waals surface area (Å²) in [6.45, 7) is 2.40. The molecule has 9 heteroatoms. The molecular weight excluding hydrogens is 492 g/mol. The van der Waals surface area contributed by atoms with E-state index in [2.05, 4.69) is 26.3 Å². The number of carbonyl (C=O) groups is 1. The predicted octanol–water partition coefficient (Wildman–Crippen LogP) is 3.80. The van der Waals surface area contributed by atoms with Gasteiger partial charge in [0.15, 0.2) is 0 Å². The zero-order valence-electron chi connectivity index (χ0n) is 17.7. The Labute approximate surface area is 196 Å². The summed E-state index contributed by atoms with van der Waals surface area (Å²) in [4.78, 5) is 13.0. The molecule has 0 radical (unpaired) electrons. The van der Waals surface area contributed by atoms with Gasteiger partial charge in [-0.15, -0.1) is 0 Å². The van der Waals surface area contributed by atoms with Crippen LogP contribution in [-0.2, 0) is 21.4 Å². The highest BCUT2D eigenvalue weighted by Crippen LogP contribution is 2.28. The minimum Gasteiger partial charge on any atom is -0.355 e. The molecule has 1 fully saturated rings. The van der Waals surface area contributed by atoms with E-state index in [9.17, 15) is 13.2 Å². The van der Waals surface area contributed by atoms with Crippen LogP contribution in [0.1, 0.15) is 30.5 Å². The molecule has 1 unspecified atom stereocenters. The first kappa shape index (κ1) is 22.7. The van der Waals surface area contributed by atoms with Crippen LogP contribution in [0.15, 0.2) is 70.2 Å². The van der Waals surface area contributed by atoms with Crippen LogP contribution in [0.3, 0.4) is 0 Å². The maximum atomic E-state index is 13.9. The topological polar surface area (TPSA) is 84.3 Å². The standard InChI is InChI=1S/C23H25BrN4O3S/c1-17-22(15-26-28(17)20-7-3-2-4-8-20)32(30,31)27(16-18-10-12-19(24)13-11-18)21-9-5-6-14-25-23(21)29/h2-4,7-8,10-13,15,21H,5-6,9,14,16H2,1H3,(H,25,29). The Bertz CT molecular complexity index is 1190. The predicted molar refractivity (Wildman–Crippen MR) is 126 cm³/mol. The van der Waals surface area contributed by atoms with Crippen LogP contribution in [0.4, 0.5) is 0 Å². The summed E-state index contributed by atoms with van der Waals surface area (Å²) in [5.74, 6) is -0.253. The van der Waals surface area contributed by atoms with Crippen molar-refractivity contribution in [1.29, 1.82) is 0 Å². The number of halogens is 1. The molecule has 0 saturated carbocycles. The maximum absolute atomic E-state index is 13.9. The van der Waals surface area contributed by atoms with E-state index in [4.69, 9.17) is 0 Å². The quantitative estimate of drug-likeness (QED) is 0.539. The fourth-order valence-electron chi connectivity index (χ4n) is 3.93. The van der Waals surface area contributed by atoms with E-state index >= 15 is 0 Å². The molecule has 168 valence electrons. The van der Waals surface area contributed by atoms with E-state index in [-0.39, 0.29) is 17.3 Å². The first-order chi connectivity index (χ1) is 15.4. The molecule has 1 aliphatic rings. The van der Waals surface area contributed by atoms with Crippen LogP contribution in [0.2, 0.25) is 0 Å². The monoisotopic (exact) mass is 516 g/mol. The van der Waals surface area contributed by atoms with Gasteiger partial charge in [-0.1, -0.05) is 46.3 Å². The summed E-state index contributed by atoms with van der Waals surface area (Å²) in [6, 6.07) is 16.1. The molecule has 0 aliphatic carbocycles. The van der Waals surface area contributed by atoms with Crippen LogP contribution >= 0.6 is 15.9 Å². The van der Waals surface area contributed by atoms with Crippen LogP contribution in [0.5, 0.6) is 0 Å². The highest BCUT2D eigenvalue weighted by Gasteiger charge is 2.38. The zero-order valence-corrected chi connectivity index (χ0v) is 20.1. The van der Waals surface area contributed by atoms with E-state index in [0.717, 1.165) is 28.6 Å². The van der Waals surface area contributed by atoms with Gasteiger partial charge in [-0.05, 0) is 56.0 Å². The number of rotatable bonds is 6. The summed E-state index contributed by atoms with van der Waals surface area (Å²) in [7, 11) is -4.00. The largest absolute Gasteiger partial charge is 0.355 e. The number of para-hydroxylation sites is 1. The summed E-state index contributed by atoms with van der Waals surface area (Å²) in [5, 5.41) is 7.21. The van der Waals surface area contributed by atoms with Gasteiger partial charge in [0.2, 0.25) is 15.9 Å². The van der Waals surface area contributed by atoms with Gasteiger partial charge in [0.25, 0.3) is 0 Å². The van der Waals surface area contributed by atoms with E-state index in [1.54, 1.807) is 11.6 Å². The molecule has 4 rings (SSSR count). The van der Waals surface area contributed by atoms with Crippen molar-refractivity contribution in [3.63, 3.8) is 0 Å². The number of sulfonamides is 1. The lowest BCUT2D eigenvalue weighted by atomic mass is 10.1. The van der Waals surface area contributed by atoms with Crippen molar-refractivity contribution in [2.45, 2.75) is 43.7 Å². The first-order valence-electron chi connectivity index (χ1n) is 10.5. The van der Waals surface area contributed by atoms with Gasteiger partial charge in [0, 0.05) is 17.6 Å². The summed E-state index contributed by atoms with van der Waals surface area (Å²) >= 11 is 3.41. The number of amides is 1. The Hall–Kier alpha value is -2.49. The molecule has 7 nitrogen and oxygen atoms in total. The smallest absolute Gasteiger partial charge is 0.247 e. The summed E-state index contributed by atoms with van der Waals surface area (Å²) in [6.07, 6.45) is 3.46. The fourth-order valence-corrected chi connectivity index (χ4v) is 5.95. The summed E-state index contributed by atoms with van der Waals surface area (Å²) in [5.41, 5.74) is 2.09. The summed E-state index contributed by atoms with van der Waals surface area (Å²) < 4.78 is 31.7. The second kappa shape index (κ2) is 9.56. The molecule has 2 aromatic carbocycles. The van der Waals surface area contributed by atoms with Gasteiger partial charge in [-0.25, -0.2) is 13.1 Å². The molecule has 1 amide bonds. The van der Waals surface area contributed by atoms with Gasteiger partial charge in [-0.2, -0.15) is 9.40 Å². The highest BCUT2D eigenvalue weighted by atomic mass is 79.9. The lowest BCUT2D eigenvalue weighted by Crippen LogP contribution is -2.48. The second-order valence-electron chi connectivity index (χ2n) is 7.82. The highest BCUT2D eigenvalue weighted by molar-refractivity contribution is 9.10. The van der Waals surface area contributed by atoms with E-state index in [0.29, 0.717) is 18.7 Å². The molecule has 32 heavy (non-hydrogen) atoms. The van der Waals surface area contributed by atoms with Crippen molar-refractivity contribution in [2.75, 3.05) is 6.54 Å². The number of nitrogens with zero attached hydrogens (tertiary/aromatic N) is 3.